The van der Waals surface area contributed by atoms with Crippen LogP contribution in [0.1, 0.15) is 39.5 Å². The predicted octanol–water partition coefficient (Wildman–Crippen LogP) is 0.930. The van der Waals surface area contributed by atoms with Crippen molar-refractivity contribution in [3.05, 3.63) is 0 Å². The van der Waals surface area contributed by atoms with E-state index in [1.807, 2.05) is 0 Å². The Morgan fingerprint density at radius 3 is 2.67 bits per heavy atom. The van der Waals surface area contributed by atoms with E-state index in [9.17, 15) is 9.59 Å². The van der Waals surface area contributed by atoms with Crippen LogP contribution in [0.3, 0.4) is 0 Å². The van der Waals surface area contributed by atoms with Crippen LogP contribution in [0.5, 0.6) is 0 Å². The van der Waals surface area contributed by atoms with Gasteiger partial charge in [-0.15, -0.1) is 0 Å². The number of carbonyl (C=O) groups is 2. The third kappa shape index (κ3) is 4.29. The minimum absolute atomic E-state index is 0.0140. The van der Waals surface area contributed by atoms with Crippen LogP contribution in [-0.2, 0) is 14.3 Å². The first-order valence-corrected chi connectivity index (χ1v) is 6.56. The number of methoxy groups -OCH3 is 1. The lowest BCUT2D eigenvalue weighted by Crippen LogP contribution is -2.52. The molecule has 5 nitrogen and oxygen atoms in total. The summed E-state index contributed by atoms with van der Waals surface area (Å²) in [5, 5.41) is 2.76. The quantitative estimate of drug-likeness (QED) is 0.719. The molecule has 104 valence electrons. The zero-order valence-electron chi connectivity index (χ0n) is 11.6. The predicted molar refractivity (Wildman–Crippen MR) is 69.1 cm³/mol. The summed E-state index contributed by atoms with van der Waals surface area (Å²) in [7, 11) is 1.69. The molecule has 0 aromatic rings. The number of ether oxygens (including phenoxy) is 1. The van der Waals surface area contributed by atoms with E-state index in [1.54, 1.807) is 25.9 Å². The van der Waals surface area contributed by atoms with Gasteiger partial charge in [0.05, 0.1) is 0 Å². The second kappa shape index (κ2) is 6.73. The van der Waals surface area contributed by atoms with Gasteiger partial charge < -0.3 is 15.0 Å². The Morgan fingerprint density at radius 2 is 2.00 bits per heavy atom. The fraction of sp³-hybridized carbons (Fsp3) is 0.846. The monoisotopic (exact) mass is 256 g/mol. The molecule has 0 saturated carbocycles. The minimum atomic E-state index is -0.778. The Morgan fingerprint density at radius 1 is 1.28 bits per heavy atom. The maximum atomic E-state index is 12.2. The largest absolute Gasteiger partial charge is 0.385 e. The summed E-state index contributed by atoms with van der Waals surface area (Å²) in [5.74, 6) is -0.0321. The molecule has 0 bridgehead atoms. The number of hydrogen-bond donors (Lipinski definition) is 1. The molecule has 0 spiro atoms. The SMILES string of the molecule is COCCCCCN1CCC(=O)NC(C)(C)C1=O. The van der Waals surface area contributed by atoms with Crippen LogP contribution in [0.2, 0.25) is 0 Å². The third-order valence-corrected chi connectivity index (χ3v) is 3.16. The summed E-state index contributed by atoms with van der Waals surface area (Å²) in [6.07, 6.45) is 3.41. The summed E-state index contributed by atoms with van der Waals surface area (Å²) < 4.78 is 4.99. The van der Waals surface area contributed by atoms with Crippen molar-refractivity contribution in [2.24, 2.45) is 0 Å². The highest BCUT2D eigenvalue weighted by atomic mass is 16.5. The second-order valence-electron chi connectivity index (χ2n) is 5.27. The maximum Gasteiger partial charge on any atom is 0.247 e. The molecular weight excluding hydrogens is 232 g/mol. The highest BCUT2D eigenvalue weighted by Crippen LogP contribution is 2.14. The number of nitrogens with zero attached hydrogens (tertiary/aromatic N) is 1. The van der Waals surface area contributed by atoms with Gasteiger partial charge >= 0.3 is 0 Å². The van der Waals surface area contributed by atoms with Crippen molar-refractivity contribution < 1.29 is 14.3 Å². The molecule has 18 heavy (non-hydrogen) atoms. The molecule has 1 aliphatic heterocycles. The third-order valence-electron chi connectivity index (χ3n) is 3.16. The molecule has 1 rings (SSSR count). The van der Waals surface area contributed by atoms with Crippen molar-refractivity contribution in [3.8, 4) is 0 Å². The first-order valence-electron chi connectivity index (χ1n) is 6.56. The Balaban J connectivity index is 2.43. The van der Waals surface area contributed by atoms with Gasteiger partial charge in [0.25, 0.3) is 0 Å². The van der Waals surface area contributed by atoms with E-state index in [0.29, 0.717) is 13.0 Å². The van der Waals surface area contributed by atoms with Gasteiger partial charge in [-0.05, 0) is 33.1 Å². The lowest BCUT2D eigenvalue weighted by atomic mass is 10.0. The molecule has 0 aromatic carbocycles. The van der Waals surface area contributed by atoms with Crippen molar-refractivity contribution in [1.82, 2.24) is 10.2 Å². The topological polar surface area (TPSA) is 58.6 Å². The molecule has 1 N–H and O–H groups in total. The average molecular weight is 256 g/mol. The number of hydrogen-bond acceptors (Lipinski definition) is 3. The lowest BCUT2D eigenvalue weighted by molar-refractivity contribution is -0.137. The van der Waals surface area contributed by atoms with Gasteiger partial charge in [-0.1, -0.05) is 0 Å². The highest BCUT2D eigenvalue weighted by Gasteiger charge is 2.35. The summed E-state index contributed by atoms with van der Waals surface area (Å²) in [5.41, 5.74) is -0.778. The van der Waals surface area contributed by atoms with E-state index in [0.717, 1.165) is 32.4 Å². The van der Waals surface area contributed by atoms with Gasteiger partial charge in [0.15, 0.2) is 0 Å². The Labute approximate surface area is 109 Å². The molecule has 0 unspecified atom stereocenters. The Kier molecular flexibility index (Phi) is 5.59. The zero-order chi connectivity index (χ0) is 13.6. The van der Waals surface area contributed by atoms with E-state index in [4.69, 9.17) is 4.74 Å². The van der Waals surface area contributed by atoms with E-state index >= 15 is 0 Å². The number of carbonyl (C=O) groups excluding carboxylic acids is 2. The van der Waals surface area contributed by atoms with Crippen molar-refractivity contribution in [2.75, 3.05) is 26.8 Å². The molecule has 0 aromatic heterocycles. The average Bonchev–Trinajstić information content (AvgIpc) is 2.39. The van der Waals surface area contributed by atoms with Crippen molar-refractivity contribution in [1.29, 1.82) is 0 Å². The number of rotatable bonds is 6. The fourth-order valence-corrected chi connectivity index (χ4v) is 2.14. The normalized spacial score (nSPS) is 19.6. The van der Waals surface area contributed by atoms with E-state index in [1.165, 1.54) is 0 Å². The molecule has 5 heteroatoms. The first-order chi connectivity index (χ1) is 8.47. The van der Waals surface area contributed by atoms with Crippen LogP contribution in [0.4, 0.5) is 0 Å². The highest BCUT2D eigenvalue weighted by molar-refractivity contribution is 5.92. The smallest absolute Gasteiger partial charge is 0.247 e. The minimum Gasteiger partial charge on any atom is -0.385 e. The molecule has 0 atom stereocenters. The number of unbranched alkanes of at least 4 members (excludes halogenated alkanes) is 2. The van der Waals surface area contributed by atoms with Gasteiger partial charge in [-0.3, -0.25) is 9.59 Å². The van der Waals surface area contributed by atoms with Crippen LogP contribution < -0.4 is 5.32 Å². The standard InChI is InChI=1S/C13H24N2O3/c1-13(2)12(17)15(9-7-11(16)14-13)8-5-4-6-10-18-3/h4-10H2,1-3H3,(H,14,16). The molecule has 1 saturated heterocycles. The number of amides is 2. The van der Waals surface area contributed by atoms with Gasteiger partial charge in [0.1, 0.15) is 5.54 Å². The van der Waals surface area contributed by atoms with E-state index in [-0.39, 0.29) is 11.8 Å². The summed E-state index contributed by atoms with van der Waals surface area (Å²) >= 11 is 0. The Hall–Kier alpha value is -1.10. The van der Waals surface area contributed by atoms with Crippen LogP contribution in [0.25, 0.3) is 0 Å². The van der Waals surface area contributed by atoms with Crippen molar-refractivity contribution in [3.63, 3.8) is 0 Å². The van der Waals surface area contributed by atoms with Crippen molar-refractivity contribution in [2.45, 2.75) is 45.1 Å². The summed E-state index contributed by atoms with van der Waals surface area (Å²) in [6, 6.07) is 0. The molecule has 0 radical (unpaired) electrons. The van der Waals surface area contributed by atoms with Crippen LogP contribution in [0, 0.1) is 0 Å². The fourth-order valence-electron chi connectivity index (χ4n) is 2.14. The van der Waals surface area contributed by atoms with Crippen LogP contribution in [-0.4, -0.2) is 49.1 Å². The molecule has 1 fully saturated rings. The number of nitrogens with one attached hydrogen (secondary N) is 1. The first kappa shape index (κ1) is 15.0. The van der Waals surface area contributed by atoms with E-state index < -0.39 is 5.54 Å². The Bertz CT molecular complexity index is 303. The van der Waals surface area contributed by atoms with Gasteiger partial charge in [-0.2, -0.15) is 0 Å². The maximum absolute atomic E-state index is 12.2. The van der Waals surface area contributed by atoms with Gasteiger partial charge in [0, 0.05) is 33.2 Å². The summed E-state index contributed by atoms with van der Waals surface area (Å²) in [4.78, 5) is 25.5. The second-order valence-corrected chi connectivity index (χ2v) is 5.27. The zero-order valence-corrected chi connectivity index (χ0v) is 11.6. The summed E-state index contributed by atoms with van der Waals surface area (Å²) in [6.45, 7) is 5.53. The van der Waals surface area contributed by atoms with E-state index in [2.05, 4.69) is 5.32 Å². The molecule has 2 amide bonds. The molecular formula is C13H24N2O3. The van der Waals surface area contributed by atoms with Crippen LogP contribution in [0.15, 0.2) is 0 Å². The molecule has 1 aliphatic rings. The van der Waals surface area contributed by atoms with Gasteiger partial charge in [0.2, 0.25) is 11.8 Å². The lowest BCUT2D eigenvalue weighted by Gasteiger charge is -2.28. The van der Waals surface area contributed by atoms with Crippen LogP contribution >= 0.6 is 0 Å². The molecule has 0 aliphatic carbocycles. The van der Waals surface area contributed by atoms with Crippen molar-refractivity contribution >= 4 is 11.8 Å². The molecule has 1 heterocycles. The van der Waals surface area contributed by atoms with Gasteiger partial charge in [-0.25, -0.2) is 0 Å².